The molecule has 3 aromatic heterocycles. The van der Waals surface area contributed by atoms with Gasteiger partial charge in [0, 0.05) is 35.3 Å². The molecular weight excluding hydrogens is 424 g/mol. The number of ether oxygens (including phenoxy) is 1. The second-order valence-corrected chi connectivity index (χ2v) is 10.5. The van der Waals surface area contributed by atoms with Crippen LogP contribution in [0.4, 0.5) is 0 Å². The number of aromatic nitrogens is 5. The molecule has 5 rings (SSSR count). The highest BCUT2D eigenvalue weighted by molar-refractivity contribution is 5.75. The molecule has 1 aliphatic heterocycles. The fourth-order valence-corrected chi connectivity index (χ4v) is 5.04. The summed E-state index contributed by atoms with van der Waals surface area (Å²) >= 11 is 0. The first-order valence-corrected chi connectivity index (χ1v) is 12.0. The molecule has 1 atom stereocenters. The Morgan fingerprint density at radius 1 is 1.15 bits per heavy atom. The SMILES string of the molecule is Cc1cc(-c2n[nH]c(-c3ccc(C(C)N(C)CC4(C)COC4)cc3)c2C(C)C)cn2ncnc12. The van der Waals surface area contributed by atoms with Crippen molar-refractivity contribution in [3.63, 3.8) is 0 Å². The maximum absolute atomic E-state index is 5.43. The Balaban J connectivity index is 1.44. The number of H-pyrrole nitrogens is 1. The molecule has 1 fully saturated rings. The van der Waals surface area contributed by atoms with E-state index >= 15 is 0 Å². The van der Waals surface area contributed by atoms with Crippen LogP contribution in [0.2, 0.25) is 0 Å². The zero-order valence-corrected chi connectivity index (χ0v) is 21.0. The number of hydrogen-bond acceptors (Lipinski definition) is 5. The Morgan fingerprint density at radius 2 is 1.88 bits per heavy atom. The fourth-order valence-electron chi connectivity index (χ4n) is 5.04. The number of aryl methyl sites for hydroxylation is 1. The van der Waals surface area contributed by atoms with Crippen LogP contribution in [0.3, 0.4) is 0 Å². The lowest BCUT2D eigenvalue weighted by Crippen LogP contribution is -2.48. The Kier molecular flexibility index (Phi) is 5.78. The van der Waals surface area contributed by atoms with Gasteiger partial charge in [-0.25, -0.2) is 9.50 Å². The van der Waals surface area contributed by atoms with Crippen molar-refractivity contribution in [2.24, 2.45) is 5.41 Å². The monoisotopic (exact) mass is 458 g/mol. The van der Waals surface area contributed by atoms with Crippen LogP contribution in [0.25, 0.3) is 28.2 Å². The minimum Gasteiger partial charge on any atom is -0.380 e. The van der Waals surface area contributed by atoms with E-state index in [1.54, 1.807) is 6.33 Å². The first-order valence-electron chi connectivity index (χ1n) is 12.0. The van der Waals surface area contributed by atoms with Crippen LogP contribution in [-0.4, -0.2) is 56.5 Å². The number of rotatable bonds is 7. The number of nitrogens with one attached hydrogen (secondary N) is 1. The minimum atomic E-state index is 0.273. The number of benzene rings is 1. The maximum Gasteiger partial charge on any atom is 0.158 e. The van der Waals surface area contributed by atoms with Gasteiger partial charge < -0.3 is 4.74 Å². The summed E-state index contributed by atoms with van der Waals surface area (Å²) in [5.74, 6) is 0.311. The molecule has 0 bridgehead atoms. The summed E-state index contributed by atoms with van der Waals surface area (Å²) in [7, 11) is 2.20. The highest BCUT2D eigenvalue weighted by atomic mass is 16.5. The van der Waals surface area contributed by atoms with Gasteiger partial charge in [0.25, 0.3) is 0 Å². The van der Waals surface area contributed by atoms with Crippen molar-refractivity contribution >= 4 is 5.65 Å². The van der Waals surface area contributed by atoms with Gasteiger partial charge in [-0.1, -0.05) is 45.0 Å². The molecule has 4 heterocycles. The predicted octanol–water partition coefficient (Wildman–Crippen LogP) is 5.25. The largest absolute Gasteiger partial charge is 0.380 e. The third-order valence-corrected chi connectivity index (χ3v) is 7.09. The number of fused-ring (bicyclic) bond motifs is 1. The van der Waals surface area contributed by atoms with Gasteiger partial charge >= 0.3 is 0 Å². The summed E-state index contributed by atoms with van der Waals surface area (Å²) in [6.07, 6.45) is 3.60. The van der Waals surface area contributed by atoms with Gasteiger partial charge in [-0.3, -0.25) is 10.00 Å². The first kappa shape index (κ1) is 22.7. The molecule has 7 nitrogen and oxygen atoms in total. The van der Waals surface area contributed by atoms with E-state index < -0.39 is 0 Å². The van der Waals surface area contributed by atoms with Crippen molar-refractivity contribution < 1.29 is 4.74 Å². The van der Waals surface area contributed by atoms with Crippen molar-refractivity contribution in [2.45, 2.75) is 46.6 Å². The Bertz CT molecular complexity index is 1300. The topological polar surface area (TPSA) is 71.3 Å². The first-order chi connectivity index (χ1) is 16.3. The van der Waals surface area contributed by atoms with Crippen molar-refractivity contribution in [3.05, 3.63) is 59.5 Å². The molecule has 34 heavy (non-hydrogen) atoms. The molecule has 1 saturated heterocycles. The third-order valence-electron chi connectivity index (χ3n) is 7.09. The van der Waals surface area contributed by atoms with Crippen LogP contribution in [0.5, 0.6) is 0 Å². The molecule has 1 aromatic carbocycles. The summed E-state index contributed by atoms with van der Waals surface area (Å²) in [6.45, 7) is 13.8. The lowest BCUT2D eigenvalue weighted by molar-refractivity contribution is -0.115. The minimum absolute atomic E-state index is 0.273. The molecule has 0 amide bonds. The maximum atomic E-state index is 5.43. The van der Waals surface area contributed by atoms with Crippen LogP contribution in [0.1, 0.15) is 56.3 Å². The van der Waals surface area contributed by atoms with Gasteiger partial charge in [0.05, 0.1) is 24.6 Å². The zero-order chi connectivity index (χ0) is 24.0. The Hall–Kier alpha value is -3.03. The summed E-state index contributed by atoms with van der Waals surface area (Å²) < 4.78 is 7.26. The lowest BCUT2D eigenvalue weighted by atomic mass is 9.87. The van der Waals surface area contributed by atoms with Crippen molar-refractivity contribution in [1.29, 1.82) is 0 Å². The van der Waals surface area contributed by atoms with E-state index in [0.29, 0.717) is 12.0 Å². The van der Waals surface area contributed by atoms with Crippen molar-refractivity contribution in [1.82, 2.24) is 29.7 Å². The van der Waals surface area contributed by atoms with Crippen LogP contribution in [-0.2, 0) is 4.74 Å². The predicted molar refractivity (Wildman–Crippen MR) is 135 cm³/mol. The molecule has 0 aliphatic carbocycles. The van der Waals surface area contributed by atoms with Gasteiger partial charge in [0.15, 0.2) is 5.65 Å². The molecule has 0 radical (unpaired) electrons. The molecule has 0 saturated carbocycles. The van der Waals surface area contributed by atoms with Crippen LogP contribution < -0.4 is 0 Å². The number of nitrogens with zero attached hydrogens (tertiary/aromatic N) is 5. The quantitative estimate of drug-likeness (QED) is 0.410. The third kappa shape index (κ3) is 4.03. The van der Waals surface area contributed by atoms with Crippen molar-refractivity contribution in [3.8, 4) is 22.5 Å². The van der Waals surface area contributed by atoms with Crippen LogP contribution >= 0.6 is 0 Å². The molecule has 1 aliphatic rings. The Morgan fingerprint density at radius 3 is 2.53 bits per heavy atom. The molecule has 7 heteroatoms. The lowest BCUT2D eigenvalue weighted by Gasteiger charge is -2.42. The second-order valence-electron chi connectivity index (χ2n) is 10.5. The van der Waals surface area contributed by atoms with E-state index in [4.69, 9.17) is 9.84 Å². The summed E-state index contributed by atoms with van der Waals surface area (Å²) in [4.78, 5) is 6.76. The van der Waals surface area contributed by atoms with Crippen molar-refractivity contribution in [2.75, 3.05) is 26.8 Å². The van der Waals surface area contributed by atoms with E-state index in [9.17, 15) is 0 Å². The average molecular weight is 459 g/mol. The zero-order valence-electron chi connectivity index (χ0n) is 21.0. The molecule has 1 N–H and O–H groups in total. The molecule has 178 valence electrons. The fraction of sp³-hybridized carbons (Fsp3) is 0.444. The van der Waals surface area contributed by atoms with E-state index in [1.165, 1.54) is 11.1 Å². The van der Waals surface area contributed by atoms with Gasteiger partial charge in [-0.05, 0) is 49.6 Å². The van der Waals surface area contributed by atoms with Crippen LogP contribution in [0.15, 0.2) is 42.9 Å². The highest BCUT2D eigenvalue weighted by Crippen LogP contribution is 2.37. The Labute approximate surface area is 201 Å². The molecule has 1 unspecified atom stereocenters. The normalized spacial score (nSPS) is 16.4. The van der Waals surface area contributed by atoms with E-state index in [1.807, 2.05) is 10.7 Å². The standard InChI is InChI=1S/C27H34N6O/c1-17(2)23-24(30-31-25(23)22-11-18(3)26-28-16-29-33(26)12-22)21-9-7-20(8-10-21)19(4)32(6)13-27(5)14-34-15-27/h7-12,16-17,19H,13-15H2,1-6H3,(H,30,31). The van der Waals surface area contributed by atoms with E-state index in [-0.39, 0.29) is 5.41 Å². The summed E-state index contributed by atoms with van der Waals surface area (Å²) in [5, 5.41) is 12.4. The second kappa shape index (κ2) is 8.64. The number of pyridine rings is 1. The number of aromatic amines is 1. The van der Waals surface area contributed by atoms with Gasteiger partial charge in [-0.2, -0.15) is 10.2 Å². The summed E-state index contributed by atoms with van der Waals surface area (Å²) in [5.41, 5.74) is 9.00. The smallest absolute Gasteiger partial charge is 0.158 e. The van der Waals surface area contributed by atoms with Gasteiger partial charge in [0.2, 0.25) is 0 Å². The van der Waals surface area contributed by atoms with E-state index in [2.05, 4.69) is 92.1 Å². The van der Waals surface area contributed by atoms with Crippen LogP contribution in [0, 0.1) is 12.3 Å². The van der Waals surface area contributed by atoms with Gasteiger partial charge in [0.1, 0.15) is 6.33 Å². The number of hydrogen-bond donors (Lipinski definition) is 1. The summed E-state index contributed by atoms with van der Waals surface area (Å²) in [6, 6.07) is 11.4. The average Bonchev–Trinajstić information content (AvgIpc) is 3.45. The molecular formula is C27H34N6O. The van der Waals surface area contributed by atoms with Gasteiger partial charge in [-0.15, -0.1) is 0 Å². The molecule has 4 aromatic rings. The molecule has 0 spiro atoms. The van der Waals surface area contributed by atoms with E-state index in [0.717, 1.165) is 53.5 Å². The highest BCUT2D eigenvalue weighted by Gasteiger charge is 2.35.